The summed E-state index contributed by atoms with van der Waals surface area (Å²) in [5.41, 5.74) is 4.96. The van der Waals surface area contributed by atoms with Crippen molar-refractivity contribution in [2.75, 3.05) is 13.1 Å². The van der Waals surface area contributed by atoms with Crippen LogP contribution in [0.2, 0.25) is 0 Å². The van der Waals surface area contributed by atoms with Crippen LogP contribution < -0.4 is 27.0 Å². The van der Waals surface area contributed by atoms with Crippen LogP contribution in [0.4, 0.5) is 0 Å². The van der Waals surface area contributed by atoms with Crippen LogP contribution in [0.5, 0.6) is 0 Å². The minimum Gasteiger partial charge on any atom is -0.356 e. The van der Waals surface area contributed by atoms with Crippen molar-refractivity contribution in [3.8, 4) is 0 Å². The Morgan fingerprint density at radius 1 is 0.487 bits per heavy atom. The zero-order valence-corrected chi connectivity index (χ0v) is 52.4. The van der Waals surface area contributed by atoms with Crippen LogP contribution in [-0.4, -0.2) is 88.4 Å². The summed E-state index contributed by atoms with van der Waals surface area (Å²) in [6.07, 6.45) is 6.49. The van der Waals surface area contributed by atoms with Crippen LogP contribution in [-0.2, 0) is 40.0 Å². The van der Waals surface area contributed by atoms with Gasteiger partial charge < -0.3 is 27.0 Å². The van der Waals surface area contributed by atoms with Crippen molar-refractivity contribution in [1.29, 1.82) is 0 Å². The number of amides is 1. The van der Waals surface area contributed by atoms with Gasteiger partial charge in [-0.25, -0.2) is 0 Å². The molecule has 0 aromatic heterocycles. The number of carbonyl (C=O) groups is 7. The minimum atomic E-state index is -0.482. The molecule has 0 saturated carbocycles. The molecule has 0 heterocycles. The summed E-state index contributed by atoms with van der Waals surface area (Å²) in [7, 11) is 0. The Morgan fingerprint density at radius 2 is 0.868 bits per heavy atom. The first-order valence-electron chi connectivity index (χ1n) is 28.4. The Bertz CT molecular complexity index is 1880. The van der Waals surface area contributed by atoms with Gasteiger partial charge in [0.05, 0.1) is 18.1 Å². The van der Waals surface area contributed by atoms with Gasteiger partial charge in [-0.15, -0.1) is 0 Å². The van der Waals surface area contributed by atoms with Crippen LogP contribution in [0, 0.1) is 45.8 Å². The zero-order valence-electron chi connectivity index (χ0n) is 52.4. The molecule has 0 bridgehead atoms. The lowest BCUT2D eigenvalue weighted by Crippen LogP contribution is -2.51. The molecular weight excluding hydrogens is 951 g/mol. The average Bonchev–Trinajstić information content (AvgIpc) is 3.24. The van der Waals surface area contributed by atoms with E-state index >= 15 is 0 Å². The van der Waals surface area contributed by atoms with E-state index < -0.39 is 10.8 Å². The molecule has 12 heteroatoms. The lowest BCUT2D eigenvalue weighted by molar-refractivity contribution is -0.134. The molecule has 6 N–H and O–H groups in total. The molecule has 0 aliphatic heterocycles. The second kappa shape index (κ2) is 34.5. The highest BCUT2D eigenvalue weighted by Gasteiger charge is 2.36. The fourth-order valence-corrected chi connectivity index (χ4v) is 9.01. The zero-order chi connectivity index (χ0) is 59.1. The molecule has 442 valence electrons. The molecule has 12 nitrogen and oxygen atoms in total. The van der Waals surface area contributed by atoms with E-state index in [-0.39, 0.29) is 124 Å². The molecule has 1 aromatic rings. The number of nitrogens with one attached hydrogen (secondary N) is 4. The molecule has 1 rings (SSSR count). The van der Waals surface area contributed by atoms with Crippen molar-refractivity contribution in [3.05, 3.63) is 35.9 Å². The predicted molar refractivity (Wildman–Crippen MR) is 320 cm³/mol. The highest BCUT2D eigenvalue weighted by Crippen LogP contribution is 2.29. The smallest absolute Gasteiger partial charge is 0.216 e. The second-order valence-corrected chi connectivity index (χ2v) is 28.3. The van der Waals surface area contributed by atoms with Gasteiger partial charge >= 0.3 is 0 Å². The second-order valence-electron chi connectivity index (χ2n) is 28.3. The topological polar surface area (TPSA) is 194 Å². The van der Waals surface area contributed by atoms with E-state index in [1.165, 1.54) is 6.92 Å². The van der Waals surface area contributed by atoms with Gasteiger partial charge in [-0.3, -0.25) is 33.6 Å². The molecule has 1 amide bonds. The first-order chi connectivity index (χ1) is 33.8. The van der Waals surface area contributed by atoms with Crippen molar-refractivity contribution in [1.82, 2.24) is 21.3 Å². The van der Waals surface area contributed by atoms with Crippen LogP contribution in [0.3, 0.4) is 0 Å². The van der Waals surface area contributed by atoms with E-state index in [0.29, 0.717) is 45.2 Å². The largest absolute Gasteiger partial charge is 0.356 e. The number of hydrogen-bond acceptors (Lipinski definition) is 11. The number of nitrogens with two attached hydrogens (primary N) is 1. The molecule has 0 spiro atoms. The molecule has 1 aromatic carbocycles. The first kappa shape index (κ1) is 76.8. The van der Waals surface area contributed by atoms with Crippen molar-refractivity contribution in [2.24, 2.45) is 51.6 Å². The summed E-state index contributed by atoms with van der Waals surface area (Å²) >= 11 is 0. The average molecular weight is 1070 g/mol. The number of benzene rings is 1. The van der Waals surface area contributed by atoms with Crippen LogP contribution in [0.25, 0.3) is 0 Å². The standard InChI is InChI=1S/C25H42N2O2.C21H40N2O3.C17H33NO2.CH4/c1-24(2,3)23(29)20(15-11-8-12-16-26)18-22(28)21(27-25(4,5)6)17-19-13-9-7-10-14-19;1-14(2)18(23-21(7,8)9)17(25)13-16(19(26)20(4,5)6)11-10-12-22-15(3)24;1-11(2)14(18-17(7,8)9)13(19)10-12(3)15(20)16(4,5)6;/h7,9-10,13-14,20-21,27H,8,11-12,15-18,26H2,1-6H3;14,16,18,23H,10-13H2,1-9H3,(H,22,24);11-12,14,18H,10H2,1-9H3;1H4. The van der Waals surface area contributed by atoms with E-state index in [2.05, 4.69) is 74.9 Å². The number of rotatable bonds is 28. The fraction of sp³-hybridized carbons (Fsp3) is 0.797. The normalized spacial score (nSPS) is 14.8. The number of hydrogen-bond donors (Lipinski definition) is 5. The Labute approximate surface area is 466 Å². The number of carbonyl (C=O) groups excluding carboxylic acids is 7. The lowest BCUT2D eigenvalue weighted by atomic mass is 9.77. The van der Waals surface area contributed by atoms with Crippen molar-refractivity contribution < 1.29 is 33.6 Å². The number of unbranched alkanes of at least 4 members (excludes halogenated alkanes) is 2. The van der Waals surface area contributed by atoms with Gasteiger partial charge in [0, 0.05) is 83.3 Å². The maximum atomic E-state index is 13.3. The van der Waals surface area contributed by atoms with Gasteiger partial charge in [0.2, 0.25) is 5.91 Å². The summed E-state index contributed by atoms with van der Waals surface area (Å²) in [6, 6.07) is 9.33. The van der Waals surface area contributed by atoms with E-state index in [1.54, 1.807) is 0 Å². The highest BCUT2D eigenvalue weighted by molar-refractivity contribution is 5.94. The summed E-state index contributed by atoms with van der Waals surface area (Å²) in [5.74, 6) is 0.385. The lowest BCUT2D eigenvalue weighted by Gasteiger charge is -2.32. The maximum absolute atomic E-state index is 13.3. The molecule has 0 saturated heterocycles. The molecule has 0 fully saturated rings. The van der Waals surface area contributed by atoms with Crippen LogP contribution >= 0.6 is 0 Å². The third kappa shape index (κ3) is 35.1. The molecule has 0 radical (unpaired) electrons. The van der Waals surface area contributed by atoms with E-state index in [4.69, 9.17) is 5.73 Å². The molecule has 0 aliphatic carbocycles. The molecule has 6 unspecified atom stereocenters. The maximum Gasteiger partial charge on any atom is 0.216 e. The summed E-state index contributed by atoms with van der Waals surface area (Å²) in [4.78, 5) is 87.9. The Balaban J connectivity index is -0.00000106. The molecule has 6 atom stereocenters. The van der Waals surface area contributed by atoms with Crippen molar-refractivity contribution in [3.63, 3.8) is 0 Å². The SMILES string of the molecule is C.CC(=O)NCCCC(CC(=O)C(NC(C)(C)C)C(C)C)C(=O)C(C)(C)C.CC(C)(C)NC(Cc1ccccc1)C(=O)CC(CCCCCN)C(=O)C(C)(C)C.CC(CC(=O)C(NC(C)(C)C)C(C)C)C(=O)C(C)(C)C. The Kier molecular flexibility index (Phi) is 34.9. The van der Waals surface area contributed by atoms with Gasteiger partial charge in [-0.05, 0) is 118 Å². The van der Waals surface area contributed by atoms with E-state index in [1.807, 2.05) is 136 Å². The third-order valence-electron chi connectivity index (χ3n) is 12.7. The van der Waals surface area contributed by atoms with Crippen molar-refractivity contribution in [2.45, 2.75) is 273 Å². The van der Waals surface area contributed by atoms with E-state index in [0.717, 1.165) is 31.2 Å². The first-order valence-corrected chi connectivity index (χ1v) is 28.4. The van der Waals surface area contributed by atoms with Gasteiger partial charge in [0.1, 0.15) is 17.3 Å². The van der Waals surface area contributed by atoms with Gasteiger partial charge in [-0.2, -0.15) is 0 Å². The number of Topliss-reactive ketones (excluding diaryl/α,β-unsaturated/α-hetero) is 6. The molecular formula is C64H119N5O7. The Morgan fingerprint density at radius 3 is 1.22 bits per heavy atom. The van der Waals surface area contributed by atoms with Gasteiger partial charge in [0.15, 0.2) is 17.3 Å². The molecule has 0 aliphatic rings. The van der Waals surface area contributed by atoms with Gasteiger partial charge in [-0.1, -0.05) is 148 Å². The quantitative estimate of drug-likeness (QED) is 0.0501. The predicted octanol–water partition coefficient (Wildman–Crippen LogP) is 12.4. The monoisotopic (exact) mass is 1070 g/mol. The van der Waals surface area contributed by atoms with Crippen LogP contribution in [0.1, 0.15) is 237 Å². The van der Waals surface area contributed by atoms with E-state index in [9.17, 15) is 33.6 Å². The van der Waals surface area contributed by atoms with Crippen molar-refractivity contribution >= 4 is 40.6 Å². The minimum absolute atomic E-state index is 0. The summed E-state index contributed by atoms with van der Waals surface area (Å²) < 4.78 is 0. The third-order valence-corrected chi connectivity index (χ3v) is 12.7. The molecule has 76 heavy (non-hydrogen) atoms. The Hall–Kier alpha value is -3.45. The van der Waals surface area contributed by atoms with Gasteiger partial charge in [0.25, 0.3) is 0 Å². The fourth-order valence-electron chi connectivity index (χ4n) is 9.01. The summed E-state index contributed by atoms with van der Waals surface area (Å²) in [6.45, 7) is 48.4. The highest BCUT2D eigenvalue weighted by atomic mass is 16.2. The summed E-state index contributed by atoms with van der Waals surface area (Å²) in [5, 5.41) is 13.0. The van der Waals surface area contributed by atoms with Crippen LogP contribution in [0.15, 0.2) is 30.3 Å². The number of ketones is 6.